The number of nitrogens with zero attached hydrogens (tertiary/aromatic N) is 5. The fourth-order valence-electron chi connectivity index (χ4n) is 4.64. The Morgan fingerprint density at radius 2 is 1.86 bits per heavy atom. The van der Waals surface area contributed by atoms with Crippen molar-refractivity contribution in [3.8, 4) is 0 Å². The summed E-state index contributed by atoms with van der Waals surface area (Å²) in [4.78, 5) is 15.3. The SMILES string of the molecule is Cn1cc(CN2CCC(Cc3nn(C)cc3C(=O)NC3CCCC3)CC2)cn1. The van der Waals surface area contributed by atoms with Crippen molar-refractivity contribution in [1.82, 2.24) is 29.8 Å². The molecule has 7 heteroatoms. The fourth-order valence-corrected chi connectivity index (χ4v) is 4.64. The third-order valence-electron chi connectivity index (χ3n) is 6.19. The van der Waals surface area contributed by atoms with Crippen LogP contribution in [0.1, 0.15) is 60.1 Å². The molecule has 152 valence electrons. The number of likely N-dealkylation sites (tertiary alicyclic amines) is 1. The van der Waals surface area contributed by atoms with Crippen LogP contribution in [-0.4, -0.2) is 49.5 Å². The molecule has 3 heterocycles. The lowest BCUT2D eigenvalue weighted by molar-refractivity contribution is 0.0936. The number of hydrogen-bond acceptors (Lipinski definition) is 4. The monoisotopic (exact) mass is 384 g/mol. The first kappa shape index (κ1) is 19.2. The minimum Gasteiger partial charge on any atom is -0.349 e. The van der Waals surface area contributed by atoms with Gasteiger partial charge in [-0.15, -0.1) is 0 Å². The highest BCUT2D eigenvalue weighted by molar-refractivity contribution is 5.95. The molecule has 4 rings (SSSR count). The maximum atomic E-state index is 12.8. The van der Waals surface area contributed by atoms with Crippen molar-refractivity contribution in [2.75, 3.05) is 13.1 Å². The van der Waals surface area contributed by atoms with Gasteiger partial charge < -0.3 is 5.32 Å². The lowest BCUT2D eigenvalue weighted by Gasteiger charge is -2.31. The van der Waals surface area contributed by atoms with Crippen molar-refractivity contribution in [2.45, 2.75) is 57.5 Å². The first-order valence-electron chi connectivity index (χ1n) is 10.6. The Hall–Kier alpha value is -2.15. The van der Waals surface area contributed by atoms with Crippen LogP contribution in [0, 0.1) is 5.92 Å². The molecule has 0 atom stereocenters. The van der Waals surface area contributed by atoms with Crippen LogP contribution in [0.5, 0.6) is 0 Å². The Morgan fingerprint density at radius 1 is 1.11 bits per heavy atom. The second kappa shape index (κ2) is 8.47. The van der Waals surface area contributed by atoms with Crippen LogP contribution in [0.3, 0.4) is 0 Å². The Labute approximate surface area is 167 Å². The molecule has 2 fully saturated rings. The Kier molecular flexibility index (Phi) is 5.80. The van der Waals surface area contributed by atoms with Crippen LogP contribution in [0.4, 0.5) is 0 Å². The van der Waals surface area contributed by atoms with Crippen molar-refractivity contribution in [1.29, 1.82) is 0 Å². The van der Waals surface area contributed by atoms with E-state index in [1.165, 1.54) is 18.4 Å². The summed E-state index contributed by atoms with van der Waals surface area (Å²) < 4.78 is 3.65. The lowest BCUT2D eigenvalue weighted by Crippen LogP contribution is -2.35. The summed E-state index contributed by atoms with van der Waals surface area (Å²) >= 11 is 0. The van der Waals surface area contributed by atoms with E-state index in [0.717, 1.165) is 63.0 Å². The number of carbonyl (C=O) groups excluding carboxylic acids is 1. The van der Waals surface area contributed by atoms with E-state index in [0.29, 0.717) is 12.0 Å². The van der Waals surface area contributed by atoms with Gasteiger partial charge in [-0.2, -0.15) is 10.2 Å². The lowest BCUT2D eigenvalue weighted by atomic mass is 9.91. The zero-order valence-corrected chi connectivity index (χ0v) is 17.1. The second-order valence-corrected chi connectivity index (χ2v) is 8.56. The first-order chi connectivity index (χ1) is 13.6. The molecule has 0 spiro atoms. The molecular weight excluding hydrogens is 352 g/mol. The van der Waals surface area contributed by atoms with Gasteiger partial charge >= 0.3 is 0 Å². The molecule has 0 radical (unpaired) electrons. The van der Waals surface area contributed by atoms with Gasteiger partial charge in [-0.3, -0.25) is 19.1 Å². The number of aryl methyl sites for hydroxylation is 2. The third-order valence-corrected chi connectivity index (χ3v) is 6.19. The average molecular weight is 385 g/mol. The van der Waals surface area contributed by atoms with Crippen LogP contribution >= 0.6 is 0 Å². The molecule has 1 aliphatic heterocycles. The normalized spacial score (nSPS) is 19.4. The smallest absolute Gasteiger partial charge is 0.254 e. The van der Waals surface area contributed by atoms with Crippen LogP contribution in [0.2, 0.25) is 0 Å². The van der Waals surface area contributed by atoms with Gasteiger partial charge in [0.2, 0.25) is 0 Å². The molecule has 1 aliphatic carbocycles. The molecule has 1 amide bonds. The van der Waals surface area contributed by atoms with Gasteiger partial charge in [0.05, 0.1) is 17.5 Å². The summed E-state index contributed by atoms with van der Waals surface area (Å²) in [6.45, 7) is 3.16. The number of carbonyl (C=O) groups is 1. The molecule has 0 unspecified atom stereocenters. The highest BCUT2D eigenvalue weighted by Crippen LogP contribution is 2.24. The molecule has 7 nitrogen and oxygen atoms in total. The largest absolute Gasteiger partial charge is 0.349 e. The summed E-state index contributed by atoms with van der Waals surface area (Å²) in [7, 11) is 3.87. The van der Waals surface area contributed by atoms with E-state index >= 15 is 0 Å². The van der Waals surface area contributed by atoms with Crippen LogP contribution < -0.4 is 5.32 Å². The predicted molar refractivity (Wildman–Crippen MR) is 108 cm³/mol. The molecule has 1 N–H and O–H groups in total. The van der Waals surface area contributed by atoms with Crippen molar-refractivity contribution in [2.24, 2.45) is 20.0 Å². The summed E-state index contributed by atoms with van der Waals surface area (Å²) in [6, 6.07) is 0.344. The van der Waals surface area contributed by atoms with Gasteiger partial charge in [0.25, 0.3) is 5.91 Å². The van der Waals surface area contributed by atoms with Crippen molar-refractivity contribution in [3.63, 3.8) is 0 Å². The highest BCUT2D eigenvalue weighted by Gasteiger charge is 2.25. The molecule has 28 heavy (non-hydrogen) atoms. The average Bonchev–Trinajstić information content (AvgIpc) is 3.39. The minimum atomic E-state index is 0.0593. The van der Waals surface area contributed by atoms with E-state index in [1.807, 2.05) is 31.2 Å². The standard InChI is InChI=1S/C21H32N6O/c1-25-13-17(12-22-25)14-27-9-7-16(8-10-27)11-20-19(15-26(2)24-20)21(28)23-18-5-3-4-6-18/h12-13,15-16,18H,3-11,14H2,1-2H3,(H,23,28). The Bertz CT molecular complexity index is 796. The summed E-state index contributed by atoms with van der Waals surface area (Å²) in [5.74, 6) is 0.655. The van der Waals surface area contributed by atoms with Crippen LogP contribution in [0.15, 0.2) is 18.6 Å². The maximum Gasteiger partial charge on any atom is 0.254 e. The first-order valence-corrected chi connectivity index (χ1v) is 10.6. The summed E-state index contributed by atoms with van der Waals surface area (Å²) in [5, 5.41) is 12.1. The van der Waals surface area contributed by atoms with E-state index in [-0.39, 0.29) is 5.91 Å². The molecule has 2 aromatic heterocycles. The third kappa shape index (κ3) is 4.63. The topological polar surface area (TPSA) is 68.0 Å². The zero-order chi connectivity index (χ0) is 19.5. The Balaban J connectivity index is 1.31. The predicted octanol–water partition coefficient (Wildman–Crippen LogP) is 2.28. The van der Waals surface area contributed by atoms with Crippen molar-refractivity contribution in [3.05, 3.63) is 35.4 Å². The molecule has 0 aromatic carbocycles. The minimum absolute atomic E-state index is 0.0593. The van der Waals surface area contributed by atoms with Crippen LogP contribution in [-0.2, 0) is 27.1 Å². The van der Waals surface area contributed by atoms with Gasteiger partial charge in [-0.1, -0.05) is 12.8 Å². The number of piperidine rings is 1. The van der Waals surface area contributed by atoms with Gasteiger partial charge in [0.1, 0.15) is 0 Å². The number of nitrogens with one attached hydrogen (secondary N) is 1. The fraction of sp³-hybridized carbons (Fsp3) is 0.667. The van der Waals surface area contributed by atoms with Crippen LogP contribution in [0.25, 0.3) is 0 Å². The van der Waals surface area contributed by atoms with Crippen molar-refractivity contribution < 1.29 is 4.79 Å². The molecule has 2 aromatic rings. The van der Waals surface area contributed by atoms with E-state index in [1.54, 1.807) is 4.68 Å². The summed E-state index contributed by atoms with van der Waals surface area (Å²) in [6.07, 6.45) is 13.8. The quantitative estimate of drug-likeness (QED) is 0.830. The molecule has 2 aliphatic rings. The number of hydrogen-bond donors (Lipinski definition) is 1. The Morgan fingerprint density at radius 3 is 2.54 bits per heavy atom. The van der Waals surface area contributed by atoms with E-state index < -0.39 is 0 Å². The van der Waals surface area contributed by atoms with E-state index in [9.17, 15) is 4.79 Å². The number of amides is 1. The van der Waals surface area contributed by atoms with Gasteiger partial charge in [-0.05, 0) is 51.1 Å². The summed E-state index contributed by atoms with van der Waals surface area (Å²) in [5.41, 5.74) is 3.01. The second-order valence-electron chi connectivity index (χ2n) is 8.56. The van der Waals surface area contributed by atoms with Gasteiger partial charge in [0, 0.05) is 44.6 Å². The highest BCUT2D eigenvalue weighted by atomic mass is 16.1. The van der Waals surface area contributed by atoms with E-state index in [2.05, 4.69) is 26.6 Å². The van der Waals surface area contributed by atoms with Gasteiger partial charge in [0.15, 0.2) is 0 Å². The molecule has 1 saturated carbocycles. The number of rotatable bonds is 6. The molecular formula is C21H32N6O. The molecule has 0 bridgehead atoms. The zero-order valence-electron chi connectivity index (χ0n) is 17.1. The van der Waals surface area contributed by atoms with E-state index in [4.69, 9.17) is 0 Å². The van der Waals surface area contributed by atoms with Crippen molar-refractivity contribution >= 4 is 5.91 Å². The van der Waals surface area contributed by atoms with Gasteiger partial charge in [-0.25, -0.2) is 0 Å². The molecule has 1 saturated heterocycles. The maximum absolute atomic E-state index is 12.8. The number of aromatic nitrogens is 4.